The summed E-state index contributed by atoms with van der Waals surface area (Å²) in [7, 11) is 0. The van der Waals surface area contributed by atoms with Crippen LogP contribution >= 0.6 is 27.3 Å². The molecule has 0 aliphatic heterocycles. The number of carboxylic acids is 1. The van der Waals surface area contributed by atoms with Gasteiger partial charge in [-0.1, -0.05) is 12.2 Å². The quantitative estimate of drug-likeness (QED) is 0.826. The zero-order valence-corrected chi connectivity index (χ0v) is 12.5. The van der Waals surface area contributed by atoms with Gasteiger partial charge in [-0.25, -0.2) is 0 Å². The summed E-state index contributed by atoms with van der Waals surface area (Å²) in [5.74, 6) is -2.16. The molecule has 1 aromatic rings. The Bertz CT molecular complexity index is 512. The average molecular weight is 344 g/mol. The molecule has 0 saturated carbocycles. The zero-order valence-electron chi connectivity index (χ0n) is 10.1. The minimum absolute atomic E-state index is 0.179. The number of thiophene rings is 1. The summed E-state index contributed by atoms with van der Waals surface area (Å²) in [6.07, 6.45) is 4.64. The van der Waals surface area contributed by atoms with Gasteiger partial charge in [0.15, 0.2) is 0 Å². The lowest BCUT2D eigenvalue weighted by Crippen LogP contribution is -2.38. The van der Waals surface area contributed by atoms with Crippen LogP contribution in [0.25, 0.3) is 0 Å². The first kappa shape index (κ1) is 14.3. The van der Waals surface area contributed by atoms with Crippen LogP contribution in [0.5, 0.6) is 0 Å². The second kappa shape index (κ2) is 6.34. The number of hydrogen-bond donors (Lipinski definition) is 2. The molecule has 0 fully saturated rings. The van der Waals surface area contributed by atoms with Gasteiger partial charge < -0.3 is 10.4 Å². The van der Waals surface area contributed by atoms with Crippen molar-refractivity contribution in [2.45, 2.75) is 19.4 Å². The molecule has 2 rings (SSSR count). The topological polar surface area (TPSA) is 66.4 Å². The Balaban J connectivity index is 1.95. The number of carbonyl (C=O) groups excluding carboxylic acids is 1. The molecule has 0 aromatic carbocycles. The van der Waals surface area contributed by atoms with E-state index >= 15 is 0 Å². The predicted molar refractivity (Wildman–Crippen MR) is 76.9 cm³/mol. The van der Waals surface area contributed by atoms with E-state index < -0.39 is 17.8 Å². The van der Waals surface area contributed by atoms with Crippen LogP contribution in [-0.2, 0) is 16.1 Å². The number of allylic oxidation sites excluding steroid dienone is 2. The Morgan fingerprint density at radius 1 is 1.37 bits per heavy atom. The van der Waals surface area contributed by atoms with Crippen molar-refractivity contribution < 1.29 is 14.7 Å². The van der Waals surface area contributed by atoms with Gasteiger partial charge in [-0.15, -0.1) is 11.3 Å². The van der Waals surface area contributed by atoms with E-state index in [1.54, 1.807) is 11.3 Å². The van der Waals surface area contributed by atoms with Gasteiger partial charge in [0.2, 0.25) is 5.91 Å². The SMILES string of the molecule is O=C(NCc1cc(Br)cs1)[C@H]1CC=CC[C@H]1C(=O)O. The van der Waals surface area contributed by atoms with Gasteiger partial charge in [0, 0.05) is 14.7 Å². The van der Waals surface area contributed by atoms with E-state index in [1.165, 1.54) is 0 Å². The molecule has 0 saturated heterocycles. The largest absolute Gasteiger partial charge is 0.481 e. The number of amides is 1. The van der Waals surface area contributed by atoms with Crippen LogP contribution in [0.1, 0.15) is 17.7 Å². The first-order valence-electron chi connectivity index (χ1n) is 5.96. The predicted octanol–water partition coefficient (Wildman–Crippen LogP) is 2.79. The molecule has 0 unspecified atom stereocenters. The van der Waals surface area contributed by atoms with Crippen LogP contribution in [0.4, 0.5) is 0 Å². The summed E-state index contributed by atoms with van der Waals surface area (Å²) in [6, 6.07) is 1.94. The van der Waals surface area contributed by atoms with Gasteiger partial charge in [-0.05, 0) is 34.8 Å². The van der Waals surface area contributed by atoms with E-state index in [-0.39, 0.29) is 5.91 Å². The third kappa shape index (κ3) is 3.67. The highest BCUT2D eigenvalue weighted by molar-refractivity contribution is 9.10. The highest BCUT2D eigenvalue weighted by Gasteiger charge is 2.33. The third-order valence-electron chi connectivity index (χ3n) is 3.14. The van der Waals surface area contributed by atoms with Crippen LogP contribution in [-0.4, -0.2) is 17.0 Å². The van der Waals surface area contributed by atoms with Gasteiger partial charge in [0.1, 0.15) is 0 Å². The lowest BCUT2D eigenvalue weighted by molar-refractivity contribution is -0.147. The van der Waals surface area contributed by atoms with Gasteiger partial charge in [-0.2, -0.15) is 0 Å². The van der Waals surface area contributed by atoms with Crippen molar-refractivity contribution in [1.29, 1.82) is 0 Å². The molecule has 1 heterocycles. The van der Waals surface area contributed by atoms with Crippen molar-refractivity contribution >= 4 is 39.1 Å². The Hall–Kier alpha value is -1.14. The molecule has 6 heteroatoms. The van der Waals surface area contributed by atoms with Crippen molar-refractivity contribution in [1.82, 2.24) is 5.32 Å². The van der Waals surface area contributed by atoms with E-state index in [0.29, 0.717) is 19.4 Å². The Kier molecular flexibility index (Phi) is 4.76. The molecule has 2 atom stereocenters. The molecule has 1 aliphatic rings. The fourth-order valence-corrected chi connectivity index (χ4v) is 3.52. The van der Waals surface area contributed by atoms with Gasteiger partial charge >= 0.3 is 5.97 Å². The summed E-state index contributed by atoms with van der Waals surface area (Å²) in [6.45, 7) is 0.446. The Morgan fingerprint density at radius 2 is 2.05 bits per heavy atom. The molecule has 2 N–H and O–H groups in total. The molecular formula is C13H14BrNO3S. The zero-order chi connectivity index (χ0) is 13.8. The van der Waals surface area contributed by atoms with Crippen molar-refractivity contribution in [3.63, 3.8) is 0 Å². The molecular weight excluding hydrogens is 330 g/mol. The summed E-state index contributed by atoms with van der Waals surface area (Å²) >= 11 is 4.91. The minimum Gasteiger partial charge on any atom is -0.481 e. The molecule has 1 amide bonds. The lowest BCUT2D eigenvalue weighted by atomic mass is 9.82. The summed E-state index contributed by atoms with van der Waals surface area (Å²) in [5.41, 5.74) is 0. The fraction of sp³-hybridized carbons (Fsp3) is 0.385. The van der Waals surface area contributed by atoms with Crippen LogP contribution in [0.15, 0.2) is 28.1 Å². The van der Waals surface area contributed by atoms with Crippen LogP contribution in [0.3, 0.4) is 0 Å². The van der Waals surface area contributed by atoms with Gasteiger partial charge in [0.25, 0.3) is 0 Å². The standard InChI is InChI=1S/C13H14BrNO3S/c14-8-5-9(19-7-8)6-15-12(16)10-3-1-2-4-11(10)13(17)18/h1-2,5,7,10-11H,3-4,6H2,(H,15,16)(H,17,18)/t10-,11+/m0/s1. The highest BCUT2D eigenvalue weighted by atomic mass is 79.9. The van der Waals surface area contributed by atoms with Gasteiger partial charge in [0.05, 0.1) is 18.4 Å². The lowest BCUT2D eigenvalue weighted by Gasteiger charge is -2.24. The number of carbonyl (C=O) groups is 2. The molecule has 4 nitrogen and oxygen atoms in total. The number of nitrogens with one attached hydrogen (secondary N) is 1. The number of hydrogen-bond acceptors (Lipinski definition) is 3. The first-order valence-corrected chi connectivity index (χ1v) is 7.63. The van der Waals surface area contributed by atoms with Crippen molar-refractivity contribution in [2.75, 3.05) is 0 Å². The van der Waals surface area contributed by atoms with Crippen LogP contribution < -0.4 is 5.32 Å². The van der Waals surface area contributed by atoms with Crippen LogP contribution in [0, 0.1) is 11.8 Å². The molecule has 19 heavy (non-hydrogen) atoms. The molecule has 0 bridgehead atoms. The fourth-order valence-electron chi connectivity index (χ4n) is 2.13. The normalized spacial score (nSPS) is 22.2. The molecule has 0 spiro atoms. The van der Waals surface area contributed by atoms with E-state index in [9.17, 15) is 9.59 Å². The molecule has 102 valence electrons. The van der Waals surface area contributed by atoms with E-state index in [1.807, 2.05) is 23.6 Å². The maximum Gasteiger partial charge on any atom is 0.307 e. The van der Waals surface area contributed by atoms with E-state index in [4.69, 9.17) is 5.11 Å². The maximum absolute atomic E-state index is 12.1. The summed E-state index contributed by atoms with van der Waals surface area (Å²) < 4.78 is 0.991. The van der Waals surface area contributed by atoms with E-state index in [0.717, 1.165) is 9.35 Å². The summed E-state index contributed by atoms with van der Waals surface area (Å²) in [5, 5.41) is 13.9. The number of carboxylic acid groups (broad SMARTS) is 1. The second-order valence-electron chi connectivity index (χ2n) is 4.44. The van der Waals surface area contributed by atoms with E-state index in [2.05, 4.69) is 21.2 Å². The second-order valence-corrected chi connectivity index (χ2v) is 6.35. The van der Waals surface area contributed by atoms with Crippen LogP contribution in [0.2, 0.25) is 0 Å². The first-order chi connectivity index (χ1) is 9.08. The minimum atomic E-state index is -0.900. The Morgan fingerprint density at radius 3 is 2.63 bits per heavy atom. The van der Waals surface area contributed by atoms with Crippen molar-refractivity contribution in [3.05, 3.63) is 32.9 Å². The number of halogens is 1. The Labute approximate surface area is 123 Å². The molecule has 0 radical (unpaired) electrons. The third-order valence-corrected chi connectivity index (χ3v) is 4.84. The monoisotopic (exact) mass is 343 g/mol. The summed E-state index contributed by atoms with van der Waals surface area (Å²) in [4.78, 5) is 24.2. The smallest absolute Gasteiger partial charge is 0.307 e. The maximum atomic E-state index is 12.1. The van der Waals surface area contributed by atoms with Gasteiger partial charge in [-0.3, -0.25) is 9.59 Å². The number of aliphatic carboxylic acids is 1. The molecule has 1 aromatic heterocycles. The van der Waals surface area contributed by atoms with Crippen molar-refractivity contribution in [2.24, 2.45) is 11.8 Å². The molecule has 1 aliphatic carbocycles. The van der Waals surface area contributed by atoms with Crippen molar-refractivity contribution in [3.8, 4) is 0 Å². The average Bonchev–Trinajstić information content (AvgIpc) is 2.81. The highest BCUT2D eigenvalue weighted by Crippen LogP contribution is 2.26. The number of rotatable bonds is 4.